The van der Waals surface area contributed by atoms with Gasteiger partial charge in [-0.1, -0.05) is 42.5 Å². The number of fused-ring (bicyclic) bond motifs is 1. The summed E-state index contributed by atoms with van der Waals surface area (Å²) in [5.74, 6) is -0.120. The predicted octanol–water partition coefficient (Wildman–Crippen LogP) is 3.08. The Hall–Kier alpha value is -2.13. The van der Waals surface area contributed by atoms with Crippen molar-refractivity contribution in [3.63, 3.8) is 0 Å². The summed E-state index contributed by atoms with van der Waals surface area (Å²) in [6.07, 6.45) is 3.37. The van der Waals surface area contributed by atoms with Crippen molar-refractivity contribution in [3.8, 4) is 0 Å². The summed E-state index contributed by atoms with van der Waals surface area (Å²) in [6.45, 7) is 3.67. The van der Waals surface area contributed by atoms with Gasteiger partial charge in [0.25, 0.3) is 0 Å². The van der Waals surface area contributed by atoms with Gasteiger partial charge in [-0.2, -0.15) is 0 Å². The molecular weight excluding hydrogens is 262 g/mol. The molecule has 0 bridgehead atoms. The fourth-order valence-corrected chi connectivity index (χ4v) is 2.34. The number of carbonyl (C=O) groups excluding carboxylic acids is 1. The molecule has 3 nitrogen and oxygen atoms in total. The van der Waals surface area contributed by atoms with E-state index in [2.05, 4.69) is 12.1 Å². The van der Waals surface area contributed by atoms with Gasteiger partial charge in [-0.05, 0) is 36.3 Å². The third kappa shape index (κ3) is 4.17. The Morgan fingerprint density at radius 3 is 2.57 bits per heavy atom. The van der Waals surface area contributed by atoms with Crippen molar-refractivity contribution in [1.82, 2.24) is 4.90 Å². The van der Waals surface area contributed by atoms with Gasteiger partial charge in [0.15, 0.2) is 0 Å². The van der Waals surface area contributed by atoms with Crippen LogP contribution in [0.3, 0.4) is 0 Å². The fourth-order valence-electron chi connectivity index (χ4n) is 2.34. The van der Waals surface area contributed by atoms with Crippen LogP contribution in [-0.4, -0.2) is 35.1 Å². The Morgan fingerprint density at radius 1 is 1.19 bits per heavy atom. The van der Waals surface area contributed by atoms with E-state index in [0.717, 1.165) is 16.3 Å². The van der Waals surface area contributed by atoms with Crippen LogP contribution in [0.5, 0.6) is 0 Å². The number of hydrogen-bond acceptors (Lipinski definition) is 2. The highest BCUT2D eigenvalue weighted by Gasteiger charge is 2.17. The zero-order valence-electron chi connectivity index (χ0n) is 12.7. The van der Waals surface area contributed by atoms with Gasteiger partial charge in [0, 0.05) is 19.7 Å². The van der Waals surface area contributed by atoms with Crippen molar-refractivity contribution in [3.05, 3.63) is 54.1 Å². The average Bonchev–Trinajstić information content (AvgIpc) is 2.42. The van der Waals surface area contributed by atoms with E-state index in [1.165, 1.54) is 4.90 Å². The smallest absolute Gasteiger partial charge is 0.246 e. The topological polar surface area (TPSA) is 40.5 Å². The molecule has 0 heterocycles. The Labute approximate surface area is 125 Å². The quantitative estimate of drug-likeness (QED) is 0.876. The number of carbonyl (C=O) groups is 1. The van der Waals surface area contributed by atoms with Gasteiger partial charge in [0.1, 0.15) is 0 Å². The highest BCUT2D eigenvalue weighted by molar-refractivity contribution is 5.96. The van der Waals surface area contributed by atoms with Gasteiger partial charge in [-0.25, -0.2) is 0 Å². The second kappa shape index (κ2) is 6.10. The van der Waals surface area contributed by atoms with Crippen molar-refractivity contribution < 1.29 is 9.90 Å². The number of aliphatic hydroxyl groups is 1. The minimum absolute atomic E-state index is 0.120. The Balaban J connectivity index is 2.18. The normalized spacial score (nSPS) is 12.0. The first-order valence-corrected chi connectivity index (χ1v) is 7.00. The molecule has 0 unspecified atom stereocenters. The maximum atomic E-state index is 12.1. The SMILES string of the molecule is CN(CC(C)(C)O)C(=O)/C=C/c1cccc2ccccc12. The summed E-state index contributed by atoms with van der Waals surface area (Å²) < 4.78 is 0. The third-order valence-corrected chi connectivity index (χ3v) is 3.23. The Bertz CT molecular complexity index is 663. The zero-order valence-corrected chi connectivity index (χ0v) is 12.7. The Kier molecular flexibility index (Phi) is 4.43. The lowest BCUT2D eigenvalue weighted by molar-refractivity contribution is -0.127. The van der Waals surface area contributed by atoms with E-state index < -0.39 is 5.60 Å². The molecule has 0 aliphatic carbocycles. The number of rotatable bonds is 4. The molecule has 110 valence electrons. The van der Waals surface area contributed by atoms with E-state index in [1.807, 2.05) is 36.4 Å². The molecule has 2 rings (SSSR count). The fraction of sp³-hybridized carbons (Fsp3) is 0.278. The number of hydrogen-bond donors (Lipinski definition) is 1. The maximum Gasteiger partial charge on any atom is 0.246 e. The van der Waals surface area contributed by atoms with Crippen molar-refractivity contribution in [2.24, 2.45) is 0 Å². The minimum Gasteiger partial charge on any atom is -0.389 e. The van der Waals surface area contributed by atoms with Gasteiger partial charge in [-0.3, -0.25) is 4.79 Å². The molecule has 0 saturated carbocycles. The average molecular weight is 283 g/mol. The summed E-state index contributed by atoms with van der Waals surface area (Å²) >= 11 is 0. The molecule has 2 aromatic carbocycles. The maximum absolute atomic E-state index is 12.1. The van der Waals surface area contributed by atoms with Crippen LogP contribution in [0.15, 0.2) is 48.5 Å². The summed E-state index contributed by atoms with van der Waals surface area (Å²) in [4.78, 5) is 13.6. The second-order valence-corrected chi connectivity index (χ2v) is 5.91. The summed E-state index contributed by atoms with van der Waals surface area (Å²) in [5, 5.41) is 12.0. The van der Waals surface area contributed by atoms with Gasteiger partial charge in [0.05, 0.1) is 5.60 Å². The minimum atomic E-state index is -0.891. The molecule has 21 heavy (non-hydrogen) atoms. The summed E-state index contributed by atoms with van der Waals surface area (Å²) in [7, 11) is 1.69. The second-order valence-electron chi connectivity index (χ2n) is 5.91. The Morgan fingerprint density at radius 2 is 1.86 bits per heavy atom. The lowest BCUT2D eigenvalue weighted by Crippen LogP contribution is -2.38. The van der Waals surface area contributed by atoms with E-state index in [9.17, 15) is 9.90 Å². The van der Waals surface area contributed by atoms with Crippen LogP contribution in [0.2, 0.25) is 0 Å². The highest BCUT2D eigenvalue weighted by Crippen LogP contribution is 2.19. The molecule has 0 radical (unpaired) electrons. The first kappa shape index (κ1) is 15.3. The largest absolute Gasteiger partial charge is 0.389 e. The van der Waals surface area contributed by atoms with Crippen molar-refractivity contribution in [2.75, 3.05) is 13.6 Å². The van der Waals surface area contributed by atoms with E-state index >= 15 is 0 Å². The van der Waals surface area contributed by atoms with Crippen LogP contribution in [0.4, 0.5) is 0 Å². The molecule has 2 aromatic rings. The molecule has 0 atom stereocenters. The van der Waals surface area contributed by atoms with Crippen molar-refractivity contribution in [1.29, 1.82) is 0 Å². The molecule has 3 heteroatoms. The molecule has 0 saturated heterocycles. The molecule has 1 N–H and O–H groups in total. The van der Waals surface area contributed by atoms with Crippen molar-refractivity contribution >= 4 is 22.8 Å². The van der Waals surface area contributed by atoms with Gasteiger partial charge in [0.2, 0.25) is 5.91 Å². The zero-order chi connectivity index (χ0) is 15.5. The molecular formula is C18H21NO2. The highest BCUT2D eigenvalue weighted by atomic mass is 16.3. The number of benzene rings is 2. The molecule has 0 aliphatic rings. The molecule has 0 fully saturated rings. The van der Waals surface area contributed by atoms with E-state index in [0.29, 0.717) is 6.54 Å². The van der Waals surface area contributed by atoms with Gasteiger partial charge in [-0.15, -0.1) is 0 Å². The first-order chi connectivity index (χ1) is 9.87. The van der Waals surface area contributed by atoms with Crippen LogP contribution in [0.1, 0.15) is 19.4 Å². The lowest BCUT2D eigenvalue weighted by Gasteiger charge is -2.24. The molecule has 0 aromatic heterocycles. The van der Waals surface area contributed by atoms with Crippen LogP contribution in [-0.2, 0) is 4.79 Å². The summed E-state index contributed by atoms with van der Waals surface area (Å²) in [5.41, 5.74) is 0.121. The van der Waals surface area contributed by atoms with E-state index in [4.69, 9.17) is 0 Å². The van der Waals surface area contributed by atoms with Gasteiger partial charge >= 0.3 is 0 Å². The first-order valence-electron chi connectivity index (χ1n) is 7.00. The lowest BCUT2D eigenvalue weighted by atomic mass is 10.0. The molecule has 0 spiro atoms. The predicted molar refractivity (Wildman–Crippen MR) is 86.9 cm³/mol. The van der Waals surface area contributed by atoms with E-state index in [1.54, 1.807) is 27.0 Å². The van der Waals surface area contributed by atoms with Crippen LogP contribution in [0.25, 0.3) is 16.8 Å². The van der Waals surface area contributed by atoms with Gasteiger partial charge < -0.3 is 10.0 Å². The van der Waals surface area contributed by atoms with E-state index in [-0.39, 0.29) is 5.91 Å². The van der Waals surface area contributed by atoms with Crippen LogP contribution >= 0.6 is 0 Å². The molecule has 0 aliphatic heterocycles. The third-order valence-electron chi connectivity index (χ3n) is 3.23. The standard InChI is InChI=1S/C18H21NO2/c1-18(2,21)13-19(3)17(20)12-11-15-9-6-8-14-7-4-5-10-16(14)15/h4-12,21H,13H2,1-3H3/b12-11+. The summed E-state index contributed by atoms with van der Waals surface area (Å²) in [6, 6.07) is 14.1. The molecule has 1 amide bonds. The monoisotopic (exact) mass is 283 g/mol. The number of likely N-dealkylation sites (N-methyl/N-ethyl adjacent to an activating group) is 1. The van der Waals surface area contributed by atoms with Crippen LogP contribution < -0.4 is 0 Å². The number of amides is 1. The van der Waals surface area contributed by atoms with Crippen LogP contribution in [0, 0.1) is 0 Å². The number of nitrogens with zero attached hydrogens (tertiary/aromatic N) is 1. The van der Waals surface area contributed by atoms with Crippen molar-refractivity contribution in [2.45, 2.75) is 19.4 Å².